The van der Waals surface area contributed by atoms with Gasteiger partial charge in [-0.2, -0.15) is 0 Å². The van der Waals surface area contributed by atoms with Crippen molar-refractivity contribution in [2.24, 2.45) is 0 Å². The summed E-state index contributed by atoms with van der Waals surface area (Å²) in [5.41, 5.74) is 6.68. The van der Waals surface area contributed by atoms with Crippen molar-refractivity contribution in [1.82, 2.24) is 9.13 Å². The lowest BCUT2D eigenvalue weighted by molar-refractivity contribution is 0.304. The van der Waals surface area contributed by atoms with Crippen LogP contribution in [0.5, 0.6) is 23.3 Å². The topological polar surface area (TPSA) is 37.5 Å². The lowest BCUT2D eigenvalue weighted by Gasteiger charge is -2.16. The Morgan fingerprint density at radius 3 is 1.24 bits per heavy atom. The molecule has 2 aromatic heterocycles. The zero-order valence-electron chi connectivity index (χ0n) is 31.3. The molecule has 0 unspecified atom stereocenters. The molecule has 0 amide bonds. The highest BCUT2D eigenvalue weighted by Crippen LogP contribution is 2.38. The number of unbranched alkanes of at least 4 members (excludes halogenated alkanes) is 10. The largest absolute Gasteiger partial charge is 0.494 e. The highest BCUT2D eigenvalue weighted by molar-refractivity contribution is 5.87. The average molecular weight is 685 g/mol. The van der Waals surface area contributed by atoms with E-state index in [-0.39, 0.29) is 0 Å². The number of hydrogen-bond acceptors (Lipinski definition) is 3. The second kappa shape index (κ2) is 18.0. The summed E-state index contributed by atoms with van der Waals surface area (Å²) in [5.74, 6) is 3.32. The summed E-state index contributed by atoms with van der Waals surface area (Å²) < 4.78 is 23.6. The molecule has 5 heteroatoms. The zero-order valence-corrected chi connectivity index (χ0v) is 31.3. The Bertz CT molecular complexity index is 1820. The van der Waals surface area contributed by atoms with Gasteiger partial charge in [0.1, 0.15) is 11.5 Å². The molecule has 0 aliphatic carbocycles. The molecule has 6 aromatic rings. The van der Waals surface area contributed by atoms with Gasteiger partial charge in [-0.25, -0.2) is 0 Å². The fraction of sp³-hybridized carbons (Fsp3) is 0.391. The zero-order chi connectivity index (χ0) is 35.4. The number of aromatic nitrogens is 2. The molecule has 4 aromatic carbocycles. The van der Waals surface area contributed by atoms with Crippen molar-refractivity contribution in [1.29, 1.82) is 0 Å². The summed E-state index contributed by atoms with van der Waals surface area (Å²) in [6, 6.07) is 34.3. The lowest BCUT2D eigenvalue weighted by atomic mass is 10.1. The molecule has 0 N–H and O–H groups in total. The Kier molecular flexibility index (Phi) is 12.8. The van der Waals surface area contributed by atoms with Gasteiger partial charge in [0.05, 0.1) is 24.2 Å². The van der Waals surface area contributed by atoms with E-state index in [4.69, 9.17) is 14.2 Å². The smallest absolute Gasteiger partial charge is 0.207 e. The molecule has 0 atom stereocenters. The molecular formula is C46H56N2O3. The van der Waals surface area contributed by atoms with Crippen LogP contribution in [0, 0.1) is 13.8 Å². The number of aryl methyl sites for hydroxylation is 2. The first-order chi connectivity index (χ1) is 25.0. The van der Waals surface area contributed by atoms with Crippen LogP contribution in [0.15, 0.2) is 97.1 Å². The van der Waals surface area contributed by atoms with Crippen molar-refractivity contribution in [2.75, 3.05) is 13.2 Å². The Morgan fingerprint density at radius 1 is 0.431 bits per heavy atom. The van der Waals surface area contributed by atoms with E-state index in [0.717, 1.165) is 82.5 Å². The Hall–Kier alpha value is -4.64. The molecule has 0 radical (unpaired) electrons. The van der Waals surface area contributed by atoms with Gasteiger partial charge >= 0.3 is 0 Å². The monoisotopic (exact) mass is 684 g/mol. The highest BCUT2D eigenvalue weighted by Gasteiger charge is 2.18. The summed E-state index contributed by atoms with van der Waals surface area (Å²) in [4.78, 5) is 0. The molecule has 0 saturated carbocycles. The minimum absolute atomic E-state index is 0.752. The third kappa shape index (κ3) is 9.38. The maximum atomic E-state index is 6.96. The van der Waals surface area contributed by atoms with Crippen LogP contribution >= 0.6 is 0 Å². The fourth-order valence-electron chi connectivity index (χ4n) is 6.89. The molecule has 0 aliphatic heterocycles. The standard InChI is InChI=1S/C46H56N2O3/c1-5-7-9-11-13-15-29-49-41-25-21-39(22-26-41)47-43-31-35(3)17-19-37(43)33-45(47)51-46-34-38-20-18-36(4)32-44(38)48(46)40-23-27-42(28-24-40)50-30-16-14-12-10-8-6-2/h17-28,31-34H,5-16,29-30H2,1-4H3. The van der Waals surface area contributed by atoms with Crippen LogP contribution in [0.2, 0.25) is 0 Å². The van der Waals surface area contributed by atoms with Crippen LogP contribution < -0.4 is 14.2 Å². The molecule has 6 rings (SSSR count). The SMILES string of the molecule is CCCCCCCCOc1ccc(-n2c(Oc3cc4ccc(C)cc4n3-c3ccc(OCCCCCCCC)cc3)cc3ccc(C)cc32)cc1. The summed E-state index contributed by atoms with van der Waals surface area (Å²) >= 11 is 0. The van der Waals surface area contributed by atoms with Gasteiger partial charge in [0.25, 0.3) is 0 Å². The number of fused-ring (bicyclic) bond motifs is 2. The minimum Gasteiger partial charge on any atom is -0.494 e. The molecule has 0 fully saturated rings. The quantitative estimate of drug-likeness (QED) is 0.0751. The van der Waals surface area contributed by atoms with Gasteiger partial charge in [-0.1, -0.05) is 102 Å². The molecule has 51 heavy (non-hydrogen) atoms. The van der Waals surface area contributed by atoms with E-state index in [1.165, 1.54) is 75.3 Å². The summed E-state index contributed by atoms with van der Waals surface area (Å²) in [5, 5.41) is 2.26. The fourth-order valence-corrected chi connectivity index (χ4v) is 6.89. The van der Waals surface area contributed by atoms with Crippen molar-refractivity contribution in [3.05, 3.63) is 108 Å². The normalized spacial score (nSPS) is 11.5. The van der Waals surface area contributed by atoms with Gasteiger partial charge in [-0.05, 0) is 98.5 Å². The Morgan fingerprint density at radius 2 is 0.824 bits per heavy atom. The van der Waals surface area contributed by atoms with E-state index in [0.29, 0.717) is 0 Å². The summed E-state index contributed by atoms with van der Waals surface area (Å²) in [7, 11) is 0. The summed E-state index contributed by atoms with van der Waals surface area (Å²) in [6.45, 7) is 10.3. The number of benzene rings is 4. The van der Waals surface area contributed by atoms with Crippen molar-refractivity contribution in [3.8, 4) is 34.6 Å². The van der Waals surface area contributed by atoms with E-state index in [1.807, 2.05) is 0 Å². The van der Waals surface area contributed by atoms with Crippen LogP contribution in [0.1, 0.15) is 102 Å². The predicted molar refractivity (Wildman–Crippen MR) is 214 cm³/mol. The molecular weight excluding hydrogens is 629 g/mol. The van der Waals surface area contributed by atoms with E-state index in [9.17, 15) is 0 Å². The summed E-state index contributed by atoms with van der Waals surface area (Å²) in [6.07, 6.45) is 15.0. The number of rotatable bonds is 20. The maximum Gasteiger partial charge on any atom is 0.207 e. The third-order valence-corrected chi connectivity index (χ3v) is 9.78. The predicted octanol–water partition coefficient (Wildman–Crippen LogP) is 13.5. The highest BCUT2D eigenvalue weighted by atomic mass is 16.5. The van der Waals surface area contributed by atoms with Crippen molar-refractivity contribution < 1.29 is 14.2 Å². The van der Waals surface area contributed by atoms with Gasteiger partial charge in [-0.15, -0.1) is 0 Å². The van der Waals surface area contributed by atoms with Crippen LogP contribution in [-0.2, 0) is 0 Å². The van der Waals surface area contributed by atoms with Crippen molar-refractivity contribution in [2.45, 2.75) is 105 Å². The van der Waals surface area contributed by atoms with Gasteiger partial charge < -0.3 is 14.2 Å². The van der Waals surface area contributed by atoms with Crippen LogP contribution in [0.25, 0.3) is 33.2 Å². The third-order valence-electron chi connectivity index (χ3n) is 9.78. The van der Waals surface area contributed by atoms with Crippen LogP contribution in [-0.4, -0.2) is 22.3 Å². The van der Waals surface area contributed by atoms with Crippen molar-refractivity contribution in [3.63, 3.8) is 0 Å². The molecule has 0 aliphatic rings. The van der Waals surface area contributed by atoms with Gasteiger partial charge in [0.2, 0.25) is 11.8 Å². The molecule has 268 valence electrons. The number of hydrogen-bond donors (Lipinski definition) is 0. The average Bonchev–Trinajstić information content (AvgIpc) is 3.68. The molecule has 5 nitrogen and oxygen atoms in total. The van der Waals surface area contributed by atoms with Gasteiger partial charge in [-0.3, -0.25) is 9.13 Å². The first-order valence-corrected chi connectivity index (χ1v) is 19.4. The number of ether oxygens (including phenoxy) is 3. The van der Waals surface area contributed by atoms with E-state index in [1.54, 1.807) is 0 Å². The number of nitrogens with zero attached hydrogens (tertiary/aromatic N) is 2. The lowest BCUT2D eigenvalue weighted by Crippen LogP contribution is -2.02. The Balaban J connectivity index is 1.25. The van der Waals surface area contributed by atoms with Crippen LogP contribution in [0.3, 0.4) is 0 Å². The maximum absolute atomic E-state index is 6.96. The molecule has 0 bridgehead atoms. The molecule has 0 saturated heterocycles. The first-order valence-electron chi connectivity index (χ1n) is 19.4. The van der Waals surface area contributed by atoms with Gasteiger partial charge in [0, 0.05) is 34.3 Å². The van der Waals surface area contributed by atoms with E-state index >= 15 is 0 Å². The molecule has 0 spiro atoms. The Labute approximate surface area is 305 Å². The first kappa shape index (κ1) is 36.2. The van der Waals surface area contributed by atoms with Gasteiger partial charge in [0.15, 0.2) is 0 Å². The second-order valence-electron chi connectivity index (χ2n) is 14.1. The van der Waals surface area contributed by atoms with Crippen molar-refractivity contribution >= 4 is 21.8 Å². The second-order valence-corrected chi connectivity index (χ2v) is 14.1. The molecule has 2 heterocycles. The van der Waals surface area contributed by atoms with E-state index in [2.05, 4.69) is 134 Å². The van der Waals surface area contributed by atoms with Crippen LogP contribution in [0.4, 0.5) is 0 Å². The minimum atomic E-state index is 0.752. The van der Waals surface area contributed by atoms with E-state index < -0.39 is 0 Å².